The highest BCUT2D eigenvalue weighted by Gasteiger charge is 2.26. The van der Waals surface area contributed by atoms with Gasteiger partial charge >= 0.3 is 5.97 Å². The molecule has 5 nitrogen and oxygen atoms in total. The summed E-state index contributed by atoms with van der Waals surface area (Å²) in [7, 11) is 1.34. The van der Waals surface area contributed by atoms with Crippen LogP contribution in [0, 0.1) is 0 Å². The average Bonchev–Trinajstić information content (AvgIpc) is 2.90. The van der Waals surface area contributed by atoms with Crippen molar-refractivity contribution < 1.29 is 14.3 Å². The molecule has 1 unspecified atom stereocenters. The summed E-state index contributed by atoms with van der Waals surface area (Å²) in [4.78, 5) is 25.4. The molecule has 1 heterocycles. The van der Waals surface area contributed by atoms with Gasteiger partial charge in [0.1, 0.15) is 6.54 Å². The molecule has 0 spiro atoms. The zero-order chi connectivity index (χ0) is 15.2. The van der Waals surface area contributed by atoms with E-state index in [1.165, 1.54) is 12.7 Å². The molecule has 5 heteroatoms. The maximum atomic E-state index is 12.4. The summed E-state index contributed by atoms with van der Waals surface area (Å²) in [6.45, 7) is 3.37. The normalized spacial score (nSPS) is 16.0. The highest BCUT2D eigenvalue weighted by atomic mass is 16.5. The number of ether oxygens (including phenoxy) is 1. The number of fused-ring (bicyclic) bond motifs is 1. The number of nitrogens with one attached hydrogen (secondary N) is 1. The van der Waals surface area contributed by atoms with E-state index in [1.807, 2.05) is 25.1 Å². The summed E-state index contributed by atoms with van der Waals surface area (Å²) in [5, 5.41) is 3.32. The number of anilines is 1. The molecule has 1 atom stereocenters. The van der Waals surface area contributed by atoms with Gasteiger partial charge in [-0.15, -0.1) is 0 Å². The molecule has 1 aliphatic heterocycles. The van der Waals surface area contributed by atoms with Gasteiger partial charge in [0, 0.05) is 31.1 Å². The molecule has 0 saturated heterocycles. The predicted molar refractivity (Wildman–Crippen MR) is 81.2 cm³/mol. The van der Waals surface area contributed by atoms with Crippen molar-refractivity contribution in [2.75, 3.05) is 32.1 Å². The number of carbonyl (C=O) groups excluding carboxylic acids is 2. The molecule has 1 amide bonds. The van der Waals surface area contributed by atoms with Crippen LogP contribution < -0.4 is 5.32 Å². The van der Waals surface area contributed by atoms with Crippen LogP contribution in [0.4, 0.5) is 5.69 Å². The minimum absolute atomic E-state index is 0.00533. The molecule has 114 valence electrons. The first-order valence-electron chi connectivity index (χ1n) is 7.33. The van der Waals surface area contributed by atoms with Gasteiger partial charge in [-0.1, -0.05) is 25.1 Å². The fourth-order valence-corrected chi connectivity index (χ4v) is 2.66. The molecule has 21 heavy (non-hydrogen) atoms. The van der Waals surface area contributed by atoms with Gasteiger partial charge in [0.2, 0.25) is 5.91 Å². The van der Waals surface area contributed by atoms with Crippen molar-refractivity contribution in [3.8, 4) is 0 Å². The molecule has 0 aliphatic carbocycles. The van der Waals surface area contributed by atoms with Crippen LogP contribution in [0.3, 0.4) is 0 Å². The molecule has 1 aromatic rings. The van der Waals surface area contributed by atoms with Crippen LogP contribution in [-0.2, 0) is 14.3 Å². The number of benzene rings is 1. The van der Waals surface area contributed by atoms with Crippen LogP contribution in [0.1, 0.15) is 31.2 Å². The third-order valence-electron chi connectivity index (χ3n) is 3.75. The van der Waals surface area contributed by atoms with Crippen LogP contribution >= 0.6 is 0 Å². The van der Waals surface area contributed by atoms with Crippen LogP contribution in [0.25, 0.3) is 0 Å². The van der Waals surface area contributed by atoms with Crippen molar-refractivity contribution in [1.82, 2.24) is 4.90 Å². The van der Waals surface area contributed by atoms with Crippen LogP contribution in [0.2, 0.25) is 0 Å². The van der Waals surface area contributed by atoms with E-state index in [1.54, 1.807) is 4.90 Å². The number of para-hydroxylation sites is 1. The van der Waals surface area contributed by atoms with Crippen molar-refractivity contribution in [1.29, 1.82) is 0 Å². The second kappa shape index (κ2) is 7.11. The van der Waals surface area contributed by atoms with Crippen molar-refractivity contribution in [3.05, 3.63) is 29.8 Å². The van der Waals surface area contributed by atoms with E-state index in [9.17, 15) is 9.59 Å². The highest BCUT2D eigenvalue weighted by molar-refractivity contribution is 5.83. The SMILES string of the molecule is CCCN(CC(=O)OC)C(=O)CC1CNc2ccccc21. The molecule has 0 radical (unpaired) electrons. The maximum absolute atomic E-state index is 12.4. The van der Waals surface area contributed by atoms with E-state index in [-0.39, 0.29) is 24.3 Å². The molecule has 0 bridgehead atoms. The summed E-state index contributed by atoms with van der Waals surface area (Å²) in [5.74, 6) is -0.196. The number of methoxy groups -OCH3 is 1. The van der Waals surface area contributed by atoms with Gasteiger partial charge in [0.05, 0.1) is 7.11 Å². The maximum Gasteiger partial charge on any atom is 0.325 e. The van der Waals surface area contributed by atoms with E-state index < -0.39 is 0 Å². The zero-order valence-electron chi connectivity index (χ0n) is 12.6. The molecule has 0 aromatic heterocycles. The third kappa shape index (κ3) is 3.74. The number of amides is 1. The van der Waals surface area contributed by atoms with E-state index in [4.69, 9.17) is 0 Å². The van der Waals surface area contributed by atoms with Crippen LogP contribution in [0.5, 0.6) is 0 Å². The lowest BCUT2D eigenvalue weighted by Crippen LogP contribution is -2.37. The molecule has 1 N–H and O–H groups in total. The Bertz CT molecular complexity index is 516. The second-order valence-corrected chi connectivity index (χ2v) is 5.26. The lowest BCUT2D eigenvalue weighted by Gasteiger charge is -2.22. The Hall–Kier alpha value is -2.04. The molecule has 0 fully saturated rings. The third-order valence-corrected chi connectivity index (χ3v) is 3.75. The van der Waals surface area contributed by atoms with Crippen LogP contribution in [-0.4, -0.2) is 43.5 Å². The minimum Gasteiger partial charge on any atom is -0.468 e. The van der Waals surface area contributed by atoms with Gasteiger partial charge in [-0.3, -0.25) is 9.59 Å². The first-order chi connectivity index (χ1) is 10.2. The number of hydrogen-bond donors (Lipinski definition) is 1. The summed E-state index contributed by atoms with van der Waals surface area (Å²) in [6, 6.07) is 8.05. The van der Waals surface area contributed by atoms with Gasteiger partial charge in [0.25, 0.3) is 0 Å². The van der Waals surface area contributed by atoms with E-state index in [2.05, 4.69) is 16.1 Å². The van der Waals surface area contributed by atoms with Crippen LogP contribution in [0.15, 0.2) is 24.3 Å². The molecular formula is C16H22N2O3. The van der Waals surface area contributed by atoms with E-state index >= 15 is 0 Å². The number of carbonyl (C=O) groups is 2. The molecule has 1 aliphatic rings. The number of rotatable bonds is 6. The summed E-state index contributed by atoms with van der Waals surface area (Å²) in [6.07, 6.45) is 1.24. The first kappa shape index (κ1) is 15.4. The fourth-order valence-electron chi connectivity index (χ4n) is 2.66. The quantitative estimate of drug-likeness (QED) is 0.814. The molecule has 2 rings (SSSR count). The van der Waals surface area contributed by atoms with Gasteiger partial charge in [0.15, 0.2) is 0 Å². The Morgan fingerprint density at radius 1 is 1.38 bits per heavy atom. The largest absolute Gasteiger partial charge is 0.468 e. The lowest BCUT2D eigenvalue weighted by atomic mass is 9.97. The Labute approximate surface area is 125 Å². The minimum atomic E-state index is -0.373. The fraction of sp³-hybridized carbons (Fsp3) is 0.500. The lowest BCUT2D eigenvalue weighted by molar-refractivity contribution is -0.147. The second-order valence-electron chi connectivity index (χ2n) is 5.26. The van der Waals surface area contributed by atoms with Gasteiger partial charge < -0.3 is 15.0 Å². The van der Waals surface area contributed by atoms with Gasteiger partial charge in [-0.2, -0.15) is 0 Å². The topological polar surface area (TPSA) is 58.6 Å². The van der Waals surface area contributed by atoms with E-state index in [0.29, 0.717) is 13.0 Å². The predicted octanol–water partition coefficient (Wildman–Crippen LogP) is 2.00. The van der Waals surface area contributed by atoms with Crippen molar-refractivity contribution in [3.63, 3.8) is 0 Å². The average molecular weight is 290 g/mol. The monoisotopic (exact) mass is 290 g/mol. The Morgan fingerprint density at radius 3 is 2.86 bits per heavy atom. The number of nitrogens with zero attached hydrogens (tertiary/aromatic N) is 1. The Balaban J connectivity index is 2.01. The van der Waals surface area contributed by atoms with Crippen molar-refractivity contribution in [2.24, 2.45) is 0 Å². The smallest absolute Gasteiger partial charge is 0.325 e. The van der Waals surface area contributed by atoms with Gasteiger partial charge in [-0.05, 0) is 18.1 Å². The Kier molecular flexibility index (Phi) is 5.20. The van der Waals surface area contributed by atoms with Gasteiger partial charge in [-0.25, -0.2) is 0 Å². The summed E-state index contributed by atoms with van der Waals surface area (Å²) < 4.78 is 4.66. The van der Waals surface area contributed by atoms with Crippen molar-refractivity contribution >= 4 is 17.6 Å². The molecule has 0 saturated carbocycles. The standard InChI is InChI=1S/C16H22N2O3/c1-3-8-18(11-16(20)21-2)15(19)9-12-10-17-14-7-5-4-6-13(12)14/h4-7,12,17H,3,8-11H2,1-2H3. The summed E-state index contributed by atoms with van der Waals surface area (Å²) >= 11 is 0. The Morgan fingerprint density at radius 2 is 2.14 bits per heavy atom. The molecular weight excluding hydrogens is 268 g/mol. The zero-order valence-corrected chi connectivity index (χ0v) is 12.6. The number of esters is 1. The summed E-state index contributed by atoms with van der Waals surface area (Å²) in [5.41, 5.74) is 2.28. The first-order valence-corrected chi connectivity index (χ1v) is 7.33. The van der Waals surface area contributed by atoms with Crippen molar-refractivity contribution in [2.45, 2.75) is 25.7 Å². The molecule has 1 aromatic carbocycles. The highest BCUT2D eigenvalue weighted by Crippen LogP contribution is 2.33. The van der Waals surface area contributed by atoms with E-state index in [0.717, 1.165) is 18.7 Å². The number of hydrogen-bond acceptors (Lipinski definition) is 4.